The number of ether oxygens (including phenoxy) is 1. The topological polar surface area (TPSA) is 29.5 Å². The summed E-state index contributed by atoms with van der Waals surface area (Å²) in [5, 5.41) is 10.3. The molecule has 0 heterocycles. The summed E-state index contributed by atoms with van der Waals surface area (Å²) >= 11 is 1.81. The standard InChI is InChI=1S/C21H28O2S/c1-4-10-24-15-20(22)13-19-12-16(2)11-17(3)21(19)23-14-18-8-6-5-7-9-18/h5-9,11-12,20,22H,4,10,13-15H2,1-3H3. The lowest BCUT2D eigenvalue weighted by molar-refractivity contribution is 0.197. The zero-order chi connectivity index (χ0) is 17.4. The van der Waals surface area contributed by atoms with Crippen molar-refractivity contribution in [1.29, 1.82) is 0 Å². The van der Waals surface area contributed by atoms with Gasteiger partial charge in [-0.15, -0.1) is 0 Å². The molecule has 2 nitrogen and oxygen atoms in total. The summed E-state index contributed by atoms with van der Waals surface area (Å²) in [4.78, 5) is 0. The van der Waals surface area contributed by atoms with Crippen LogP contribution < -0.4 is 4.74 Å². The average Bonchev–Trinajstić information content (AvgIpc) is 2.55. The van der Waals surface area contributed by atoms with Crippen molar-refractivity contribution in [3.63, 3.8) is 0 Å². The molecular weight excluding hydrogens is 316 g/mol. The van der Waals surface area contributed by atoms with Gasteiger partial charge >= 0.3 is 0 Å². The van der Waals surface area contributed by atoms with Crippen LogP contribution in [-0.2, 0) is 13.0 Å². The van der Waals surface area contributed by atoms with Gasteiger partial charge in [0.25, 0.3) is 0 Å². The van der Waals surface area contributed by atoms with E-state index in [1.807, 2.05) is 30.0 Å². The predicted octanol–water partition coefficient (Wildman–Crippen LogP) is 4.93. The lowest BCUT2D eigenvalue weighted by Crippen LogP contribution is -2.15. The van der Waals surface area contributed by atoms with Crippen LogP contribution in [-0.4, -0.2) is 22.7 Å². The second-order valence-electron chi connectivity index (χ2n) is 6.28. The highest BCUT2D eigenvalue weighted by molar-refractivity contribution is 7.99. The molecule has 0 aliphatic rings. The van der Waals surface area contributed by atoms with Crippen molar-refractivity contribution in [1.82, 2.24) is 0 Å². The van der Waals surface area contributed by atoms with E-state index in [0.717, 1.165) is 40.4 Å². The summed E-state index contributed by atoms with van der Waals surface area (Å²) < 4.78 is 6.12. The van der Waals surface area contributed by atoms with Crippen LogP contribution in [0.2, 0.25) is 0 Å². The highest BCUT2D eigenvalue weighted by atomic mass is 32.2. The number of aryl methyl sites for hydroxylation is 2. The summed E-state index contributed by atoms with van der Waals surface area (Å²) in [5.41, 5.74) is 4.60. The molecule has 1 atom stereocenters. The van der Waals surface area contributed by atoms with Crippen molar-refractivity contribution in [3.05, 3.63) is 64.7 Å². The maximum atomic E-state index is 10.3. The van der Waals surface area contributed by atoms with E-state index in [1.165, 1.54) is 5.56 Å². The molecule has 1 unspecified atom stereocenters. The predicted molar refractivity (Wildman–Crippen MR) is 104 cm³/mol. The SMILES string of the molecule is CCCSCC(O)Cc1cc(C)cc(C)c1OCc1ccccc1. The van der Waals surface area contributed by atoms with Gasteiger partial charge in [-0.3, -0.25) is 0 Å². The van der Waals surface area contributed by atoms with Crippen molar-refractivity contribution in [2.75, 3.05) is 11.5 Å². The van der Waals surface area contributed by atoms with Crippen LogP contribution in [0.25, 0.3) is 0 Å². The lowest BCUT2D eigenvalue weighted by Gasteiger charge is -2.18. The van der Waals surface area contributed by atoms with Gasteiger partial charge in [0, 0.05) is 12.2 Å². The Bertz CT molecular complexity index is 625. The molecule has 0 fully saturated rings. The normalized spacial score (nSPS) is 12.2. The third-order valence-electron chi connectivity index (χ3n) is 3.84. The Labute approximate surface area is 150 Å². The summed E-state index contributed by atoms with van der Waals surface area (Å²) in [7, 11) is 0. The van der Waals surface area contributed by atoms with Crippen molar-refractivity contribution < 1.29 is 9.84 Å². The van der Waals surface area contributed by atoms with Crippen LogP contribution in [0.5, 0.6) is 5.75 Å². The largest absolute Gasteiger partial charge is 0.488 e. The van der Waals surface area contributed by atoms with Gasteiger partial charge in [-0.05, 0) is 42.7 Å². The molecule has 130 valence electrons. The maximum Gasteiger partial charge on any atom is 0.126 e. The van der Waals surface area contributed by atoms with E-state index in [1.54, 1.807) is 0 Å². The van der Waals surface area contributed by atoms with E-state index in [0.29, 0.717) is 13.0 Å². The summed E-state index contributed by atoms with van der Waals surface area (Å²) in [6.07, 6.45) is 1.46. The minimum Gasteiger partial charge on any atom is -0.488 e. The van der Waals surface area contributed by atoms with Gasteiger partial charge in [0.2, 0.25) is 0 Å². The molecule has 0 saturated heterocycles. The summed E-state index contributed by atoms with van der Waals surface area (Å²) in [5.74, 6) is 2.80. The van der Waals surface area contributed by atoms with E-state index in [-0.39, 0.29) is 6.10 Å². The Morgan fingerprint density at radius 2 is 1.88 bits per heavy atom. The van der Waals surface area contributed by atoms with E-state index in [4.69, 9.17) is 4.74 Å². The van der Waals surface area contributed by atoms with Crippen molar-refractivity contribution in [3.8, 4) is 5.75 Å². The quantitative estimate of drug-likeness (QED) is 0.654. The molecule has 3 heteroatoms. The van der Waals surface area contributed by atoms with Gasteiger partial charge < -0.3 is 9.84 Å². The number of hydrogen-bond acceptors (Lipinski definition) is 3. The van der Waals surface area contributed by atoms with Gasteiger partial charge in [0.1, 0.15) is 12.4 Å². The first-order chi connectivity index (χ1) is 11.6. The molecular formula is C21H28O2S. The van der Waals surface area contributed by atoms with Crippen molar-refractivity contribution >= 4 is 11.8 Å². The number of hydrogen-bond donors (Lipinski definition) is 1. The van der Waals surface area contributed by atoms with Gasteiger partial charge in [0.05, 0.1) is 6.10 Å². The van der Waals surface area contributed by atoms with Crippen LogP contribution in [0.15, 0.2) is 42.5 Å². The van der Waals surface area contributed by atoms with Crippen LogP contribution in [0.1, 0.15) is 35.6 Å². The molecule has 24 heavy (non-hydrogen) atoms. The smallest absolute Gasteiger partial charge is 0.126 e. The third kappa shape index (κ3) is 5.88. The first kappa shape index (κ1) is 18.9. The Balaban J connectivity index is 2.08. The van der Waals surface area contributed by atoms with E-state index < -0.39 is 0 Å². The number of rotatable bonds is 9. The van der Waals surface area contributed by atoms with Crippen molar-refractivity contribution in [2.45, 2.75) is 46.3 Å². The first-order valence-electron chi connectivity index (χ1n) is 8.62. The molecule has 0 saturated carbocycles. The molecule has 0 spiro atoms. The minimum atomic E-state index is -0.332. The monoisotopic (exact) mass is 344 g/mol. The zero-order valence-electron chi connectivity index (χ0n) is 14.9. The highest BCUT2D eigenvalue weighted by Crippen LogP contribution is 2.28. The van der Waals surface area contributed by atoms with Crippen LogP contribution in [0, 0.1) is 13.8 Å². The fourth-order valence-corrected chi connectivity index (χ4v) is 3.65. The lowest BCUT2D eigenvalue weighted by atomic mass is 10.0. The molecule has 2 aromatic rings. The Kier molecular flexibility index (Phi) is 7.67. The summed E-state index contributed by atoms with van der Waals surface area (Å²) in [6, 6.07) is 14.5. The fraction of sp³-hybridized carbons (Fsp3) is 0.429. The van der Waals surface area contributed by atoms with Gasteiger partial charge in [-0.1, -0.05) is 55.0 Å². The molecule has 2 rings (SSSR count). The average molecular weight is 345 g/mol. The maximum absolute atomic E-state index is 10.3. The molecule has 0 aliphatic heterocycles. The Morgan fingerprint density at radius 3 is 2.58 bits per heavy atom. The number of aliphatic hydroxyl groups excluding tert-OH is 1. The summed E-state index contributed by atoms with van der Waals surface area (Å²) in [6.45, 7) is 6.89. The molecule has 0 aromatic heterocycles. The second-order valence-corrected chi connectivity index (χ2v) is 7.43. The van der Waals surface area contributed by atoms with Gasteiger partial charge in [-0.25, -0.2) is 0 Å². The van der Waals surface area contributed by atoms with E-state index in [9.17, 15) is 5.11 Å². The van der Waals surface area contributed by atoms with Crippen LogP contribution >= 0.6 is 11.8 Å². The van der Waals surface area contributed by atoms with E-state index in [2.05, 4.69) is 45.0 Å². The Morgan fingerprint density at radius 1 is 1.12 bits per heavy atom. The molecule has 0 radical (unpaired) electrons. The van der Waals surface area contributed by atoms with Crippen LogP contribution in [0.3, 0.4) is 0 Å². The second kappa shape index (κ2) is 9.75. The number of aliphatic hydroxyl groups is 1. The fourth-order valence-electron chi connectivity index (χ4n) is 2.81. The first-order valence-corrected chi connectivity index (χ1v) is 9.78. The van der Waals surface area contributed by atoms with Gasteiger partial charge in [0.15, 0.2) is 0 Å². The third-order valence-corrected chi connectivity index (χ3v) is 5.15. The minimum absolute atomic E-state index is 0.332. The zero-order valence-corrected chi connectivity index (χ0v) is 15.7. The van der Waals surface area contributed by atoms with Crippen molar-refractivity contribution in [2.24, 2.45) is 0 Å². The highest BCUT2D eigenvalue weighted by Gasteiger charge is 2.13. The Hall–Kier alpha value is -1.45. The molecule has 1 N–H and O–H groups in total. The number of benzene rings is 2. The number of thioether (sulfide) groups is 1. The molecule has 0 aliphatic carbocycles. The molecule has 0 amide bonds. The van der Waals surface area contributed by atoms with Crippen LogP contribution in [0.4, 0.5) is 0 Å². The van der Waals surface area contributed by atoms with Gasteiger partial charge in [-0.2, -0.15) is 11.8 Å². The molecule has 2 aromatic carbocycles. The molecule has 0 bridgehead atoms. The van der Waals surface area contributed by atoms with E-state index >= 15 is 0 Å².